The van der Waals surface area contributed by atoms with Gasteiger partial charge in [-0.1, -0.05) is 133 Å². The largest absolute Gasteiger partial charge is 0.309 e. The predicted octanol–water partition coefficient (Wildman–Crippen LogP) is 14.4. The minimum absolute atomic E-state index is 0.681. The molecule has 274 valence electrons. The quantitative estimate of drug-likeness (QED) is 0.179. The number of aromatic nitrogens is 4. The van der Waals surface area contributed by atoms with Gasteiger partial charge in [-0.25, -0.2) is 9.97 Å². The Labute approximate surface area is 343 Å². The first-order valence-electron chi connectivity index (χ1n) is 20.0. The van der Waals surface area contributed by atoms with Gasteiger partial charge in [0.1, 0.15) is 0 Å². The van der Waals surface area contributed by atoms with Gasteiger partial charge >= 0.3 is 0 Å². The summed E-state index contributed by atoms with van der Waals surface area (Å²) in [6.45, 7) is 0. The van der Waals surface area contributed by atoms with Crippen LogP contribution in [0.5, 0.6) is 0 Å². The second kappa shape index (κ2) is 12.5. The highest BCUT2D eigenvalue weighted by molar-refractivity contribution is 7.99. The van der Waals surface area contributed by atoms with E-state index in [1.54, 1.807) is 11.8 Å². The Bertz CT molecular complexity index is 3690. The Hall–Kier alpha value is -7.47. The molecule has 13 rings (SSSR count). The smallest absolute Gasteiger partial charge is 0.235 e. The van der Waals surface area contributed by atoms with E-state index < -0.39 is 0 Å². The van der Waals surface area contributed by atoms with Gasteiger partial charge in [-0.15, -0.1) is 0 Å². The SMILES string of the molecule is c1ccc(-c2ccc(-n3c4ccccc4c4cc(-c5ccc6c(c5)c5cc7ccccc7cc5n6-c5nc6c7c(cccc7n5)Sc5ccccc5-6)ccc43)cc2)cc1. The molecule has 9 aromatic carbocycles. The number of rotatable bonds is 4. The molecule has 0 spiro atoms. The number of nitrogens with zero attached hydrogens (tertiary/aromatic N) is 4. The molecule has 0 amide bonds. The van der Waals surface area contributed by atoms with Gasteiger partial charge in [0.05, 0.1) is 33.3 Å². The van der Waals surface area contributed by atoms with Crippen LogP contribution in [-0.4, -0.2) is 19.1 Å². The highest BCUT2D eigenvalue weighted by Gasteiger charge is 2.24. The normalized spacial score (nSPS) is 12.3. The summed E-state index contributed by atoms with van der Waals surface area (Å²) in [4.78, 5) is 13.1. The number of benzene rings is 9. The summed E-state index contributed by atoms with van der Waals surface area (Å²) in [5.74, 6) is 0.681. The molecule has 4 nitrogen and oxygen atoms in total. The van der Waals surface area contributed by atoms with Crippen LogP contribution < -0.4 is 0 Å². The molecule has 0 saturated heterocycles. The molecular formula is C54H32N4S. The van der Waals surface area contributed by atoms with E-state index in [4.69, 9.17) is 9.97 Å². The third-order valence-corrected chi connectivity index (χ3v) is 13.2. The van der Waals surface area contributed by atoms with Crippen LogP contribution in [0, 0.1) is 0 Å². The minimum atomic E-state index is 0.681. The fourth-order valence-electron chi connectivity index (χ4n) is 9.35. The molecule has 59 heavy (non-hydrogen) atoms. The van der Waals surface area contributed by atoms with Crippen LogP contribution in [0.3, 0.4) is 0 Å². The second-order valence-electron chi connectivity index (χ2n) is 15.4. The lowest BCUT2D eigenvalue weighted by molar-refractivity contribution is 1.01. The third-order valence-electron chi connectivity index (χ3n) is 12.1. The fraction of sp³-hybridized carbons (Fsp3) is 0. The summed E-state index contributed by atoms with van der Waals surface area (Å²) >= 11 is 1.80. The van der Waals surface area contributed by atoms with Crippen LogP contribution in [0.25, 0.3) is 110 Å². The van der Waals surface area contributed by atoms with E-state index in [1.165, 1.54) is 75.4 Å². The van der Waals surface area contributed by atoms with Crippen molar-refractivity contribution in [3.63, 3.8) is 0 Å². The topological polar surface area (TPSA) is 35.6 Å². The monoisotopic (exact) mass is 768 g/mol. The van der Waals surface area contributed by atoms with Gasteiger partial charge in [0.2, 0.25) is 5.95 Å². The maximum atomic E-state index is 5.42. The first-order chi connectivity index (χ1) is 29.2. The molecule has 0 aliphatic carbocycles. The first-order valence-corrected chi connectivity index (χ1v) is 20.8. The highest BCUT2D eigenvalue weighted by atomic mass is 32.2. The van der Waals surface area contributed by atoms with Crippen molar-refractivity contribution in [2.24, 2.45) is 0 Å². The summed E-state index contributed by atoms with van der Waals surface area (Å²) in [5, 5.41) is 8.34. The van der Waals surface area contributed by atoms with Crippen molar-refractivity contribution in [3.05, 3.63) is 194 Å². The molecular weight excluding hydrogens is 737 g/mol. The summed E-state index contributed by atoms with van der Waals surface area (Å²) < 4.78 is 4.66. The lowest BCUT2D eigenvalue weighted by atomic mass is 10.00. The minimum Gasteiger partial charge on any atom is -0.309 e. The van der Waals surface area contributed by atoms with Gasteiger partial charge in [0.15, 0.2) is 0 Å². The Morgan fingerprint density at radius 2 is 0.983 bits per heavy atom. The summed E-state index contributed by atoms with van der Waals surface area (Å²) in [7, 11) is 0. The van der Waals surface area contributed by atoms with Gasteiger partial charge in [0.25, 0.3) is 0 Å². The standard InChI is InChI=1S/C54H32N4S/c1-2-11-33(12-3-1)34-21-25-39(26-22-34)57-46-18-8-6-15-40(46)42-30-37(23-27-47(42)57)38-24-28-48-43(31-38)44-29-35-13-4-5-14-36(35)32-49(44)58(48)54-55-45-17-10-20-51-52(45)53(56-54)41-16-7-9-19-50(41)59-51/h1-32H. The Balaban J connectivity index is 1.00. The van der Waals surface area contributed by atoms with Gasteiger partial charge in [0, 0.05) is 48.0 Å². The fourth-order valence-corrected chi connectivity index (χ4v) is 10.5. The summed E-state index contributed by atoms with van der Waals surface area (Å²) in [6.07, 6.45) is 0. The zero-order valence-corrected chi connectivity index (χ0v) is 32.5. The maximum Gasteiger partial charge on any atom is 0.235 e. The van der Waals surface area contributed by atoms with Crippen molar-refractivity contribution < 1.29 is 0 Å². The molecule has 1 aliphatic heterocycles. The Morgan fingerprint density at radius 3 is 1.81 bits per heavy atom. The molecule has 0 unspecified atom stereocenters. The molecule has 0 bridgehead atoms. The van der Waals surface area contributed by atoms with Gasteiger partial charge in [-0.3, -0.25) is 4.57 Å². The molecule has 0 fully saturated rings. The van der Waals surface area contributed by atoms with Gasteiger partial charge < -0.3 is 4.57 Å². The first kappa shape index (κ1) is 32.6. The van der Waals surface area contributed by atoms with E-state index in [0.29, 0.717) is 5.95 Å². The number of fused-ring (bicyclic) bond motifs is 9. The van der Waals surface area contributed by atoms with Crippen LogP contribution in [0.2, 0.25) is 0 Å². The molecule has 12 aromatic rings. The van der Waals surface area contributed by atoms with E-state index in [-0.39, 0.29) is 0 Å². The van der Waals surface area contributed by atoms with Crippen molar-refractivity contribution >= 4 is 77.0 Å². The highest BCUT2D eigenvalue weighted by Crippen LogP contribution is 2.47. The zero-order chi connectivity index (χ0) is 38.6. The van der Waals surface area contributed by atoms with Crippen molar-refractivity contribution in [2.45, 2.75) is 9.79 Å². The molecule has 4 heterocycles. The van der Waals surface area contributed by atoms with Gasteiger partial charge in [-0.05, 0) is 106 Å². The molecule has 0 saturated carbocycles. The Morgan fingerprint density at radius 1 is 0.373 bits per heavy atom. The van der Waals surface area contributed by atoms with E-state index in [9.17, 15) is 0 Å². The lowest BCUT2D eigenvalue weighted by Gasteiger charge is -2.20. The number of para-hydroxylation sites is 1. The average molecular weight is 769 g/mol. The second-order valence-corrected chi connectivity index (χ2v) is 16.5. The predicted molar refractivity (Wildman–Crippen MR) is 246 cm³/mol. The van der Waals surface area contributed by atoms with Crippen molar-refractivity contribution in [3.8, 4) is 45.1 Å². The van der Waals surface area contributed by atoms with Crippen molar-refractivity contribution in [1.82, 2.24) is 19.1 Å². The maximum absolute atomic E-state index is 5.42. The molecule has 3 aromatic heterocycles. The summed E-state index contributed by atoms with van der Waals surface area (Å²) in [5.41, 5.74) is 13.6. The van der Waals surface area contributed by atoms with Crippen LogP contribution in [0.15, 0.2) is 204 Å². The molecule has 5 heteroatoms. The molecule has 0 radical (unpaired) electrons. The molecule has 0 atom stereocenters. The van der Waals surface area contributed by atoms with Gasteiger partial charge in [-0.2, -0.15) is 0 Å². The van der Waals surface area contributed by atoms with Crippen LogP contribution >= 0.6 is 11.8 Å². The Kier molecular flexibility index (Phi) is 6.91. The van der Waals surface area contributed by atoms with Crippen LogP contribution in [-0.2, 0) is 0 Å². The van der Waals surface area contributed by atoms with E-state index >= 15 is 0 Å². The average Bonchev–Trinajstić information content (AvgIpc) is 3.80. The number of hydrogen-bond donors (Lipinski definition) is 0. The van der Waals surface area contributed by atoms with E-state index in [2.05, 4.69) is 203 Å². The van der Waals surface area contributed by atoms with E-state index in [1.807, 2.05) is 0 Å². The van der Waals surface area contributed by atoms with Crippen LogP contribution in [0.1, 0.15) is 0 Å². The summed E-state index contributed by atoms with van der Waals surface area (Å²) in [6, 6.07) is 70.3. The van der Waals surface area contributed by atoms with E-state index in [0.717, 1.165) is 38.9 Å². The van der Waals surface area contributed by atoms with Crippen LogP contribution in [0.4, 0.5) is 0 Å². The zero-order valence-electron chi connectivity index (χ0n) is 31.7. The lowest BCUT2D eigenvalue weighted by Crippen LogP contribution is -2.05. The third kappa shape index (κ3) is 4.92. The van der Waals surface area contributed by atoms with Crippen molar-refractivity contribution in [2.75, 3.05) is 0 Å². The number of hydrogen-bond acceptors (Lipinski definition) is 3. The molecule has 0 N–H and O–H groups in total. The molecule has 1 aliphatic rings. The van der Waals surface area contributed by atoms with Crippen molar-refractivity contribution in [1.29, 1.82) is 0 Å².